The van der Waals surface area contributed by atoms with Gasteiger partial charge in [-0.05, 0) is 37.6 Å². The van der Waals surface area contributed by atoms with Crippen LogP contribution in [0.3, 0.4) is 0 Å². The molecule has 7 heteroatoms. The molecule has 0 spiro atoms. The minimum atomic E-state index is -0.255. The van der Waals surface area contributed by atoms with Crippen molar-refractivity contribution in [2.75, 3.05) is 24.6 Å². The number of ether oxygens (including phenoxy) is 1. The Labute approximate surface area is 151 Å². The fraction of sp³-hybridized carbons (Fsp3) is 0.368. The largest absolute Gasteiger partial charge is 0.466 e. The first kappa shape index (κ1) is 16.8. The summed E-state index contributed by atoms with van der Waals surface area (Å²) in [6.45, 7) is 5.69. The molecule has 0 amide bonds. The third-order valence-electron chi connectivity index (χ3n) is 4.70. The lowest BCUT2D eigenvalue weighted by atomic mass is 10.1. The summed E-state index contributed by atoms with van der Waals surface area (Å²) in [5.74, 6) is 2.95. The smallest absolute Gasteiger partial charge is 0.227 e. The molecule has 4 rings (SSSR count). The second-order valence-corrected chi connectivity index (χ2v) is 6.57. The molecule has 0 N–H and O–H groups in total. The highest BCUT2D eigenvalue weighted by atomic mass is 19.1. The van der Waals surface area contributed by atoms with Crippen LogP contribution in [0.2, 0.25) is 0 Å². The number of furan rings is 1. The number of hydrogen-bond acceptors (Lipinski definition) is 5. The van der Waals surface area contributed by atoms with Gasteiger partial charge in [0.05, 0.1) is 18.7 Å². The molecule has 1 aliphatic rings. The summed E-state index contributed by atoms with van der Waals surface area (Å²) < 4.78 is 27.0. The van der Waals surface area contributed by atoms with Crippen LogP contribution in [0.15, 0.2) is 34.7 Å². The molecule has 1 fully saturated rings. The molecular formula is C19H21FN4O2. The summed E-state index contributed by atoms with van der Waals surface area (Å²) >= 11 is 0. The van der Waals surface area contributed by atoms with E-state index in [1.807, 2.05) is 37.6 Å². The highest BCUT2D eigenvalue weighted by Crippen LogP contribution is 2.29. The predicted octanol–water partition coefficient (Wildman–Crippen LogP) is 3.41. The topological polar surface area (TPSA) is 56.3 Å². The monoisotopic (exact) mass is 356 g/mol. The Kier molecular flexibility index (Phi) is 4.24. The van der Waals surface area contributed by atoms with E-state index in [-0.39, 0.29) is 11.9 Å². The summed E-state index contributed by atoms with van der Waals surface area (Å²) in [7, 11) is 1.94. The molecule has 1 saturated heterocycles. The minimum Gasteiger partial charge on any atom is -0.466 e. The van der Waals surface area contributed by atoms with E-state index in [0.717, 1.165) is 34.4 Å². The van der Waals surface area contributed by atoms with Crippen LogP contribution in [-0.2, 0) is 11.8 Å². The molecule has 6 nitrogen and oxygen atoms in total. The molecule has 1 aromatic carbocycles. The number of nitrogens with zero attached hydrogens (tertiary/aromatic N) is 4. The minimum absolute atomic E-state index is 0.197. The van der Waals surface area contributed by atoms with E-state index >= 15 is 0 Å². The van der Waals surface area contributed by atoms with E-state index in [1.165, 1.54) is 12.1 Å². The van der Waals surface area contributed by atoms with E-state index in [1.54, 1.807) is 6.07 Å². The molecule has 0 saturated carbocycles. The Bertz CT molecular complexity index is 934. The van der Waals surface area contributed by atoms with Crippen LogP contribution in [0.5, 0.6) is 0 Å². The zero-order chi connectivity index (χ0) is 18.3. The number of aryl methyl sites for hydroxylation is 2. The van der Waals surface area contributed by atoms with Crippen molar-refractivity contribution in [1.29, 1.82) is 0 Å². The molecule has 26 heavy (non-hydrogen) atoms. The summed E-state index contributed by atoms with van der Waals surface area (Å²) in [6, 6.07) is 8.52. The third-order valence-corrected chi connectivity index (χ3v) is 4.70. The van der Waals surface area contributed by atoms with Gasteiger partial charge in [0.15, 0.2) is 5.82 Å². The van der Waals surface area contributed by atoms with Gasteiger partial charge in [0.25, 0.3) is 0 Å². The maximum Gasteiger partial charge on any atom is 0.227 e. The van der Waals surface area contributed by atoms with Crippen LogP contribution < -0.4 is 4.90 Å². The highest BCUT2D eigenvalue weighted by Gasteiger charge is 2.26. The van der Waals surface area contributed by atoms with Crippen LogP contribution in [-0.4, -0.2) is 34.5 Å². The van der Waals surface area contributed by atoms with Crippen LogP contribution in [0.25, 0.3) is 11.4 Å². The maximum atomic E-state index is 13.5. The van der Waals surface area contributed by atoms with Crippen molar-refractivity contribution in [1.82, 2.24) is 14.8 Å². The van der Waals surface area contributed by atoms with E-state index in [2.05, 4.69) is 15.1 Å². The van der Waals surface area contributed by atoms with Crippen molar-refractivity contribution in [3.63, 3.8) is 0 Å². The van der Waals surface area contributed by atoms with Gasteiger partial charge in [-0.15, -0.1) is 10.2 Å². The molecule has 2 aromatic heterocycles. The van der Waals surface area contributed by atoms with Gasteiger partial charge in [0.2, 0.25) is 5.95 Å². The number of rotatable bonds is 3. The Hall–Kier alpha value is -2.67. The number of anilines is 1. The van der Waals surface area contributed by atoms with Crippen LogP contribution in [0.4, 0.5) is 10.3 Å². The van der Waals surface area contributed by atoms with Gasteiger partial charge >= 0.3 is 0 Å². The Morgan fingerprint density at radius 3 is 2.77 bits per heavy atom. The van der Waals surface area contributed by atoms with Crippen LogP contribution in [0.1, 0.15) is 23.2 Å². The summed E-state index contributed by atoms with van der Waals surface area (Å²) in [5.41, 5.74) is 1.78. The van der Waals surface area contributed by atoms with Crippen molar-refractivity contribution < 1.29 is 13.5 Å². The number of hydrogen-bond donors (Lipinski definition) is 0. The zero-order valence-corrected chi connectivity index (χ0v) is 15.1. The lowest BCUT2D eigenvalue weighted by Gasteiger charge is -2.33. The fourth-order valence-electron chi connectivity index (χ4n) is 3.42. The average molecular weight is 356 g/mol. The normalized spacial score (nSPS) is 17.7. The summed E-state index contributed by atoms with van der Waals surface area (Å²) in [6.07, 6.45) is -0.197. The van der Waals surface area contributed by atoms with E-state index in [4.69, 9.17) is 9.15 Å². The molecule has 1 unspecified atom stereocenters. The number of benzene rings is 1. The van der Waals surface area contributed by atoms with E-state index < -0.39 is 0 Å². The third kappa shape index (κ3) is 2.99. The molecule has 1 aliphatic heterocycles. The molecule has 0 bridgehead atoms. The van der Waals surface area contributed by atoms with Crippen LogP contribution in [0, 0.1) is 19.7 Å². The number of halogens is 1. The SMILES string of the molecule is Cc1cc(-c2nnc(N3CCOC(c4cccc(F)c4)C3)n2C)c(C)o1. The molecule has 3 aromatic rings. The maximum absolute atomic E-state index is 13.5. The van der Waals surface area contributed by atoms with Gasteiger partial charge in [-0.1, -0.05) is 12.1 Å². The molecule has 0 radical (unpaired) electrons. The van der Waals surface area contributed by atoms with Crippen molar-refractivity contribution in [2.24, 2.45) is 7.05 Å². The second-order valence-electron chi connectivity index (χ2n) is 6.57. The summed E-state index contributed by atoms with van der Waals surface area (Å²) in [5, 5.41) is 8.74. The van der Waals surface area contributed by atoms with Gasteiger partial charge in [0.1, 0.15) is 23.4 Å². The average Bonchev–Trinajstić information content (AvgIpc) is 3.16. The van der Waals surface area contributed by atoms with Gasteiger partial charge in [-0.25, -0.2) is 4.39 Å². The lowest BCUT2D eigenvalue weighted by Crippen LogP contribution is -2.39. The number of morpholine rings is 1. The predicted molar refractivity (Wildman–Crippen MR) is 95.5 cm³/mol. The van der Waals surface area contributed by atoms with Crippen molar-refractivity contribution in [3.05, 3.63) is 53.2 Å². The Balaban J connectivity index is 1.61. The van der Waals surface area contributed by atoms with Crippen molar-refractivity contribution >= 4 is 5.95 Å². The van der Waals surface area contributed by atoms with Gasteiger partial charge < -0.3 is 14.1 Å². The van der Waals surface area contributed by atoms with Crippen molar-refractivity contribution in [2.45, 2.75) is 20.0 Å². The highest BCUT2D eigenvalue weighted by molar-refractivity contribution is 5.60. The molecule has 0 aliphatic carbocycles. The standard InChI is InChI=1S/C19H21FN4O2/c1-12-9-16(13(2)26-12)18-21-22-19(23(18)3)24-7-8-25-17(11-24)14-5-4-6-15(20)10-14/h4-6,9-10,17H,7-8,11H2,1-3H3. The van der Waals surface area contributed by atoms with E-state index in [9.17, 15) is 4.39 Å². The van der Waals surface area contributed by atoms with Gasteiger partial charge in [-0.2, -0.15) is 0 Å². The first-order chi connectivity index (χ1) is 12.5. The molecule has 3 heterocycles. The van der Waals surface area contributed by atoms with Gasteiger partial charge in [0, 0.05) is 13.6 Å². The molecule has 136 valence electrons. The fourth-order valence-corrected chi connectivity index (χ4v) is 3.42. The first-order valence-electron chi connectivity index (χ1n) is 8.61. The van der Waals surface area contributed by atoms with Gasteiger partial charge in [-0.3, -0.25) is 4.57 Å². The zero-order valence-electron chi connectivity index (χ0n) is 15.1. The number of aromatic nitrogens is 3. The molecule has 1 atom stereocenters. The van der Waals surface area contributed by atoms with E-state index in [0.29, 0.717) is 19.7 Å². The first-order valence-corrected chi connectivity index (χ1v) is 8.61. The lowest BCUT2D eigenvalue weighted by molar-refractivity contribution is 0.0388. The van der Waals surface area contributed by atoms with Crippen LogP contribution >= 0.6 is 0 Å². The second kappa shape index (κ2) is 6.57. The Morgan fingerprint density at radius 1 is 1.19 bits per heavy atom. The van der Waals surface area contributed by atoms with Crippen molar-refractivity contribution in [3.8, 4) is 11.4 Å². The Morgan fingerprint density at radius 2 is 2.04 bits per heavy atom. The summed E-state index contributed by atoms with van der Waals surface area (Å²) in [4.78, 5) is 2.12. The molecular weight excluding hydrogens is 335 g/mol. The quantitative estimate of drug-likeness (QED) is 0.720.